The van der Waals surface area contributed by atoms with E-state index in [0.717, 1.165) is 11.8 Å². The summed E-state index contributed by atoms with van der Waals surface area (Å²) < 4.78 is 13.2. The van der Waals surface area contributed by atoms with Crippen molar-refractivity contribution in [1.29, 1.82) is 0 Å². The van der Waals surface area contributed by atoms with E-state index in [1.807, 2.05) is 19.9 Å². The van der Waals surface area contributed by atoms with Crippen LogP contribution >= 0.6 is 0 Å². The van der Waals surface area contributed by atoms with Crippen LogP contribution in [0, 0.1) is 5.82 Å². The van der Waals surface area contributed by atoms with Crippen molar-refractivity contribution in [1.82, 2.24) is 14.9 Å². The van der Waals surface area contributed by atoms with Gasteiger partial charge in [0.15, 0.2) is 0 Å². The fraction of sp³-hybridized carbons (Fsp3) is 0.312. The predicted octanol–water partition coefficient (Wildman–Crippen LogP) is 2.93. The van der Waals surface area contributed by atoms with Crippen LogP contribution in [0.3, 0.4) is 0 Å². The van der Waals surface area contributed by atoms with Crippen LogP contribution in [0.25, 0.3) is 11.1 Å². The molecule has 3 heterocycles. The number of hydrogen-bond acceptors (Lipinski definition) is 3. The molecule has 2 aromatic heterocycles. The van der Waals surface area contributed by atoms with E-state index >= 15 is 0 Å². The first-order chi connectivity index (χ1) is 10.4. The molecule has 114 valence electrons. The first-order valence-electron chi connectivity index (χ1n) is 7.01. The molecule has 1 fully saturated rings. The monoisotopic (exact) mass is 300 g/mol. The van der Waals surface area contributed by atoms with Crippen molar-refractivity contribution in [2.75, 3.05) is 18.5 Å². The first kappa shape index (κ1) is 14.4. The van der Waals surface area contributed by atoms with Crippen LogP contribution in [0.15, 0.2) is 36.8 Å². The Labute approximate surface area is 128 Å². The lowest BCUT2D eigenvalue weighted by Crippen LogP contribution is -2.38. The number of likely N-dealkylation sites (N-methyl/N-ethyl adjacent to an activating group) is 1. The molecule has 0 spiro atoms. The molecule has 0 atom stereocenters. The van der Waals surface area contributed by atoms with Gasteiger partial charge in [0.25, 0.3) is 0 Å². The lowest BCUT2D eigenvalue weighted by Gasteiger charge is -2.24. The van der Waals surface area contributed by atoms with Crippen LogP contribution in [0.2, 0.25) is 0 Å². The summed E-state index contributed by atoms with van der Waals surface area (Å²) in [7, 11) is 1.79. The zero-order valence-electron chi connectivity index (χ0n) is 12.7. The minimum atomic E-state index is -0.389. The SMILES string of the molecule is CN1C(=O)N(c2ccc(-c3cncc(F)c3)cn2)CC1(C)C. The van der Waals surface area contributed by atoms with Gasteiger partial charge in [-0.25, -0.2) is 14.2 Å². The maximum absolute atomic E-state index is 13.2. The Bertz CT molecular complexity index is 714. The Morgan fingerprint density at radius 3 is 2.50 bits per heavy atom. The van der Waals surface area contributed by atoms with Gasteiger partial charge in [-0.15, -0.1) is 0 Å². The summed E-state index contributed by atoms with van der Waals surface area (Å²) in [5, 5.41) is 0. The van der Waals surface area contributed by atoms with Crippen molar-refractivity contribution in [2.24, 2.45) is 0 Å². The van der Waals surface area contributed by atoms with E-state index in [2.05, 4.69) is 9.97 Å². The second-order valence-corrected chi connectivity index (χ2v) is 6.04. The van der Waals surface area contributed by atoms with Crippen molar-refractivity contribution in [3.05, 3.63) is 42.6 Å². The molecule has 0 aliphatic carbocycles. The van der Waals surface area contributed by atoms with Crippen LogP contribution in [0.4, 0.5) is 15.0 Å². The normalized spacial score (nSPS) is 17.2. The number of hydrogen-bond donors (Lipinski definition) is 0. The van der Waals surface area contributed by atoms with Crippen molar-refractivity contribution in [3.8, 4) is 11.1 Å². The number of carbonyl (C=O) groups excluding carboxylic acids is 1. The van der Waals surface area contributed by atoms with E-state index in [1.54, 1.807) is 35.3 Å². The van der Waals surface area contributed by atoms with Gasteiger partial charge in [-0.2, -0.15) is 0 Å². The summed E-state index contributed by atoms with van der Waals surface area (Å²) in [5.41, 5.74) is 1.18. The Morgan fingerprint density at radius 2 is 1.95 bits per heavy atom. The van der Waals surface area contributed by atoms with E-state index < -0.39 is 0 Å². The fourth-order valence-corrected chi connectivity index (χ4v) is 2.47. The predicted molar refractivity (Wildman–Crippen MR) is 82.0 cm³/mol. The molecule has 2 amide bonds. The number of aromatic nitrogens is 2. The smallest absolute Gasteiger partial charge is 0.320 e. The highest BCUT2D eigenvalue weighted by molar-refractivity contribution is 5.94. The number of amides is 2. The summed E-state index contributed by atoms with van der Waals surface area (Å²) in [6, 6.07) is 4.92. The number of nitrogens with zero attached hydrogens (tertiary/aromatic N) is 4. The second kappa shape index (κ2) is 5.05. The lowest BCUT2D eigenvalue weighted by molar-refractivity contribution is 0.198. The zero-order valence-corrected chi connectivity index (χ0v) is 12.7. The highest BCUT2D eigenvalue weighted by Crippen LogP contribution is 2.29. The minimum absolute atomic E-state index is 0.0716. The molecule has 0 bridgehead atoms. The van der Waals surface area contributed by atoms with Crippen LogP contribution in [-0.4, -0.2) is 40.0 Å². The maximum Gasteiger partial charge on any atom is 0.325 e. The Morgan fingerprint density at radius 1 is 1.18 bits per heavy atom. The van der Waals surface area contributed by atoms with Crippen molar-refractivity contribution < 1.29 is 9.18 Å². The third kappa shape index (κ3) is 2.41. The lowest BCUT2D eigenvalue weighted by atomic mass is 10.1. The van der Waals surface area contributed by atoms with E-state index in [1.165, 1.54) is 6.07 Å². The molecule has 1 aliphatic heterocycles. The van der Waals surface area contributed by atoms with Gasteiger partial charge in [0.05, 0.1) is 18.3 Å². The minimum Gasteiger partial charge on any atom is -0.320 e. The van der Waals surface area contributed by atoms with Gasteiger partial charge >= 0.3 is 6.03 Å². The molecule has 0 radical (unpaired) electrons. The number of anilines is 1. The Kier molecular flexibility index (Phi) is 3.31. The van der Waals surface area contributed by atoms with Crippen LogP contribution in [0.1, 0.15) is 13.8 Å². The average Bonchev–Trinajstić information content (AvgIpc) is 2.71. The Balaban J connectivity index is 1.88. The molecule has 1 saturated heterocycles. The molecule has 1 aliphatic rings. The first-order valence-corrected chi connectivity index (χ1v) is 7.01. The Hall–Kier alpha value is -2.50. The summed E-state index contributed by atoms with van der Waals surface area (Å²) in [6.07, 6.45) is 4.37. The van der Waals surface area contributed by atoms with Gasteiger partial charge in [-0.05, 0) is 32.0 Å². The number of carbonyl (C=O) groups is 1. The molecule has 3 rings (SSSR count). The van der Waals surface area contributed by atoms with Crippen LogP contribution < -0.4 is 4.90 Å². The summed E-state index contributed by atoms with van der Waals surface area (Å²) >= 11 is 0. The number of rotatable bonds is 2. The summed E-state index contributed by atoms with van der Waals surface area (Å²) in [5.74, 6) is 0.204. The molecular weight excluding hydrogens is 283 g/mol. The molecule has 22 heavy (non-hydrogen) atoms. The number of urea groups is 1. The van der Waals surface area contributed by atoms with E-state index in [-0.39, 0.29) is 17.4 Å². The van der Waals surface area contributed by atoms with Gasteiger partial charge in [0, 0.05) is 30.6 Å². The zero-order chi connectivity index (χ0) is 15.9. The van der Waals surface area contributed by atoms with Gasteiger partial charge in [-0.3, -0.25) is 9.88 Å². The van der Waals surface area contributed by atoms with Gasteiger partial charge < -0.3 is 4.90 Å². The molecule has 0 N–H and O–H groups in total. The molecule has 0 unspecified atom stereocenters. The van der Waals surface area contributed by atoms with Gasteiger partial charge in [0.2, 0.25) is 0 Å². The third-order valence-corrected chi connectivity index (χ3v) is 4.03. The largest absolute Gasteiger partial charge is 0.325 e. The molecule has 5 nitrogen and oxygen atoms in total. The van der Waals surface area contributed by atoms with Crippen molar-refractivity contribution in [3.63, 3.8) is 0 Å². The fourth-order valence-electron chi connectivity index (χ4n) is 2.47. The molecule has 0 aromatic carbocycles. The molecule has 2 aromatic rings. The maximum atomic E-state index is 13.2. The van der Waals surface area contributed by atoms with Crippen LogP contribution in [0.5, 0.6) is 0 Å². The van der Waals surface area contributed by atoms with Gasteiger partial charge in [-0.1, -0.05) is 0 Å². The van der Waals surface area contributed by atoms with Crippen molar-refractivity contribution >= 4 is 11.8 Å². The molecule has 6 heteroatoms. The second-order valence-electron chi connectivity index (χ2n) is 6.04. The quantitative estimate of drug-likeness (QED) is 0.857. The topological polar surface area (TPSA) is 49.3 Å². The molecule has 0 saturated carbocycles. The van der Waals surface area contributed by atoms with E-state index in [4.69, 9.17) is 0 Å². The highest BCUT2D eigenvalue weighted by atomic mass is 19.1. The van der Waals surface area contributed by atoms with E-state index in [0.29, 0.717) is 17.9 Å². The molecular formula is C16H17FN4O. The highest BCUT2D eigenvalue weighted by Gasteiger charge is 2.41. The van der Waals surface area contributed by atoms with Crippen molar-refractivity contribution in [2.45, 2.75) is 19.4 Å². The summed E-state index contributed by atoms with van der Waals surface area (Å²) in [6.45, 7) is 4.60. The number of pyridine rings is 2. The summed E-state index contributed by atoms with van der Waals surface area (Å²) in [4.78, 5) is 23.8. The van der Waals surface area contributed by atoms with Gasteiger partial charge in [0.1, 0.15) is 11.6 Å². The van der Waals surface area contributed by atoms with Crippen LogP contribution in [-0.2, 0) is 0 Å². The third-order valence-electron chi connectivity index (χ3n) is 4.03. The standard InChI is InChI=1S/C16H17FN4O/c1-16(2)10-21(15(22)20(16)3)14-5-4-11(8-19-14)12-6-13(17)9-18-7-12/h4-9H,10H2,1-3H3. The number of halogens is 1. The average molecular weight is 300 g/mol. The van der Waals surface area contributed by atoms with E-state index in [9.17, 15) is 9.18 Å².